The van der Waals surface area contributed by atoms with E-state index in [0.29, 0.717) is 28.4 Å². The van der Waals surface area contributed by atoms with Gasteiger partial charge in [0.2, 0.25) is 0 Å². The Labute approximate surface area is 124 Å². The molecule has 1 N–H and O–H groups in total. The Morgan fingerprint density at radius 2 is 1.76 bits per heavy atom. The maximum Gasteiger partial charge on any atom is 0.416 e. The molecule has 0 amide bonds. The Morgan fingerprint density at radius 3 is 2.29 bits per heavy atom. The summed E-state index contributed by atoms with van der Waals surface area (Å²) in [5.41, 5.74) is 1.08. The number of benzene rings is 2. The van der Waals surface area contributed by atoms with Crippen molar-refractivity contribution in [2.45, 2.75) is 12.7 Å². The smallest absolute Gasteiger partial charge is 0.380 e. The number of rotatable bonds is 3. The molecule has 0 bridgehead atoms. The normalized spacial score (nSPS) is 11.0. The second-order valence-corrected chi connectivity index (χ2v) is 4.76. The molecule has 108 valence electrons. The van der Waals surface area contributed by atoms with Gasteiger partial charge in [0, 0.05) is 6.54 Å². The fourth-order valence-electron chi connectivity index (χ4n) is 1.74. The molecule has 0 saturated carbocycles. The summed E-state index contributed by atoms with van der Waals surface area (Å²) in [6, 6.07) is 11.7. The van der Waals surface area contributed by atoms with Gasteiger partial charge in [-0.25, -0.2) is 0 Å². The van der Waals surface area contributed by atoms with Crippen molar-refractivity contribution in [1.29, 1.82) is 5.26 Å². The lowest BCUT2D eigenvalue weighted by molar-refractivity contribution is -0.137. The summed E-state index contributed by atoms with van der Waals surface area (Å²) in [5.74, 6) is 0. The number of halogens is 4. The molecule has 0 aliphatic heterocycles. The first-order valence-corrected chi connectivity index (χ1v) is 6.37. The molecule has 0 saturated heterocycles. The Morgan fingerprint density at radius 1 is 1.10 bits per heavy atom. The quantitative estimate of drug-likeness (QED) is 0.880. The van der Waals surface area contributed by atoms with Crippen LogP contribution in [0.25, 0.3) is 0 Å². The van der Waals surface area contributed by atoms with E-state index in [9.17, 15) is 13.2 Å². The lowest BCUT2D eigenvalue weighted by Gasteiger charge is -2.10. The summed E-state index contributed by atoms with van der Waals surface area (Å²) in [6.07, 6.45) is -4.33. The van der Waals surface area contributed by atoms with Crippen LogP contribution in [0.4, 0.5) is 18.9 Å². The van der Waals surface area contributed by atoms with E-state index in [1.165, 1.54) is 18.2 Å². The molecule has 2 nitrogen and oxygen atoms in total. The molecule has 0 unspecified atom stereocenters. The first-order chi connectivity index (χ1) is 9.90. The largest absolute Gasteiger partial charge is 0.416 e. The minimum atomic E-state index is -4.33. The number of hydrogen-bond donors (Lipinski definition) is 1. The van der Waals surface area contributed by atoms with Crippen LogP contribution in [0.2, 0.25) is 5.02 Å². The van der Waals surface area contributed by atoms with Crippen LogP contribution in [0.5, 0.6) is 0 Å². The van der Waals surface area contributed by atoms with Gasteiger partial charge in [-0.15, -0.1) is 0 Å². The van der Waals surface area contributed by atoms with Crippen LogP contribution in [0.15, 0.2) is 42.5 Å². The average Bonchev–Trinajstić information content (AvgIpc) is 2.45. The summed E-state index contributed by atoms with van der Waals surface area (Å²) in [5, 5.41) is 12.1. The van der Waals surface area contributed by atoms with E-state index >= 15 is 0 Å². The van der Waals surface area contributed by atoms with Crippen LogP contribution in [-0.2, 0) is 12.7 Å². The van der Waals surface area contributed by atoms with Crippen molar-refractivity contribution < 1.29 is 13.2 Å². The molecule has 0 spiro atoms. The highest BCUT2D eigenvalue weighted by Crippen LogP contribution is 2.29. The number of alkyl halides is 3. The van der Waals surface area contributed by atoms with Crippen molar-refractivity contribution in [3.63, 3.8) is 0 Å². The number of hydrogen-bond acceptors (Lipinski definition) is 2. The number of nitriles is 1. The number of nitrogens with zero attached hydrogens (tertiary/aromatic N) is 1. The average molecular weight is 311 g/mol. The zero-order valence-corrected chi connectivity index (χ0v) is 11.5. The van der Waals surface area contributed by atoms with Crippen molar-refractivity contribution in [1.82, 2.24) is 0 Å². The lowest BCUT2D eigenvalue weighted by Crippen LogP contribution is -2.05. The van der Waals surface area contributed by atoms with Gasteiger partial charge in [-0.1, -0.05) is 23.7 Å². The van der Waals surface area contributed by atoms with E-state index in [4.69, 9.17) is 16.9 Å². The molecular weight excluding hydrogens is 301 g/mol. The number of anilines is 1. The van der Waals surface area contributed by atoms with E-state index in [0.717, 1.165) is 12.1 Å². The molecular formula is C15H10ClF3N2. The molecule has 0 atom stereocenters. The second-order valence-electron chi connectivity index (χ2n) is 4.35. The highest BCUT2D eigenvalue weighted by atomic mass is 35.5. The molecule has 2 aromatic rings. The first kappa shape index (κ1) is 15.2. The molecule has 0 fully saturated rings. The third kappa shape index (κ3) is 3.89. The van der Waals surface area contributed by atoms with Crippen LogP contribution >= 0.6 is 11.6 Å². The van der Waals surface area contributed by atoms with Gasteiger partial charge in [0.25, 0.3) is 0 Å². The van der Waals surface area contributed by atoms with Crippen molar-refractivity contribution in [3.8, 4) is 6.07 Å². The van der Waals surface area contributed by atoms with Crippen LogP contribution in [0.3, 0.4) is 0 Å². The zero-order chi connectivity index (χ0) is 15.5. The lowest BCUT2D eigenvalue weighted by atomic mass is 10.1. The highest BCUT2D eigenvalue weighted by molar-refractivity contribution is 6.33. The van der Waals surface area contributed by atoms with Gasteiger partial charge in [0.15, 0.2) is 0 Å². The molecule has 6 heteroatoms. The fraction of sp³-hybridized carbons (Fsp3) is 0.133. The third-order valence-electron chi connectivity index (χ3n) is 2.86. The van der Waals surface area contributed by atoms with Gasteiger partial charge in [-0.2, -0.15) is 18.4 Å². The topological polar surface area (TPSA) is 35.8 Å². The Bertz CT molecular complexity index is 673. The Hall–Kier alpha value is -2.19. The van der Waals surface area contributed by atoms with Crippen LogP contribution in [0.1, 0.15) is 16.7 Å². The van der Waals surface area contributed by atoms with Crippen molar-refractivity contribution in [3.05, 3.63) is 64.2 Å². The summed E-state index contributed by atoms with van der Waals surface area (Å²) < 4.78 is 37.3. The first-order valence-electron chi connectivity index (χ1n) is 6.00. The molecule has 21 heavy (non-hydrogen) atoms. The van der Waals surface area contributed by atoms with Crippen molar-refractivity contribution in [2.75, 3.05) is 5.32 Å². The molecule has 0 radical (unpaired) electrons. The van der Waals surface area contributed by atoms with Gasteiger partial charge in [-0.05, 0) is 35.9 Å². The standard InChI is InChI=1S/C15H10ClF3N2/c16-13-7-11(8-20)3-6-14(13)21-9-10-1-4-12(5-2-10)15(17,18)19/h1-7,21H,9H2. The minimum absolute atomic E-state index is 0.337. The van der Waals surface area contributed by atoms with Crippen molar-refractivity contribution >= 4 is 17.3 Å². The van der Waals surface area contributed by atoms with E-state index < -0.39 is 11.7 Å². The Kier molecular flexibility index (Phi) is 4.39. The summed E-state index contributed by atoms with van der Waals surface area (Å²) in [6.45, 7) is 0.337. The van der Waals surface area contributed by atoms with E-state index in [1.807, 2.05) is 6.07 Å². The van der Waals surface area contributed by atoms with E-state index in [1.54, 1.807) is 12.1 Å². The molecule has 2 aromatic carbocycles. The zero-order valence-electron chi connectivity index (χ0n) is 10.7. The van der Waals surface area contributed by atoms with Gasteiger partial charge < -0.3 is 5.32 Å². The maximum atomic E-state index is 12.4. The second kappa shape index (κ2) is 6.06. The summed E-state index contributed by atoms with van der Waals surface area (Å²) >= 11 is 6.00. The van der Waals surface area contributed by atoms with Crippen LogP contribution in [-0.4, -0.2) is 0 Å². The highest BCUT2D eigenvalue weighted by Gasteiger charge is 2.29. The monoisotopic (exact) mass is 310 g/mol. The Balaban J connectivity index is 2.05. The van der Waals surface area contributed by atoms with Crippen LogP contribution < -0.4 is 5.32 Å². The predicted molar refractivity (Wildman–Crippen MR) is 74.9 cm³/mol. The molecule has 0 aromatic heterocycles. The molecule has 2 rings (SSSR count). The maximum absolute atomic E-state index is 12.4. The molecule has 0 aliphatic rings. The number of nitrogens with one attached hydrogen (secondary N) is 1. The summed E-state index contributed by atoms with van der Waals surface area (Å²) in [4.78, 5) is 0. The van der Waals surface area contributed by atoms with Gasteiger partial charge in [0.1, 0.15) is 0 Å². The van der Waals surface area contributed by atoms with Gasteiger partial charge in [0.05, 0.1) is 27.9 Å². The van der Waals surface area contributed by atoms with E-state index in [2.05, 4.69) is 5.32 Å². The van der Waals surface area contributed by atoms with Gasteiger partial charge in [-0.3, -0.25) is 0 Å². The van der Waals surface area contributed by atoms with E-state index in [-0.39, 0.29) is 0 Å². The minimum Gasteiger partial charge on any atom is -0.380 e. The fourth-order valence-corrected chi connectivity index (χ4v) is 1.98. The third-order valence-corrected chi connectivity index (χ3v) is 3.18. The molecule has 0 aliphatic carbocycles. The van der Waals surface area contributed by atoms with Crippen LogP contribution in [0, 0.1) is 11.3 Å². The molecule has 0 heterocycles. The SMILES string of the molecule is N#Cc1ccc(NCc2ccc(C(F)(F)F)cc2)c(Cl)c1. The summed E-state index contributed by atoms with van der Waals surface area (Å²) in [7, 11) is 0. The van der Waals surface area contributed by atoms with Crippen molar-refractivity contribution in [2.24, 2.45) is 0 Å². The van der Waals surface area contributed by atoms with Gasteiger partial charge >= 0.3 is 6.18 Å². The predicted octanol–water partition coefficient (Wildman–Crippen LogP) is 4.84.